The van der Waals surface area contributed by atoms with Gasteiger partial charge in [0.15, 0.2) is 5.65 Å². The number of rotatable bonds is 5. The van der Waals surface area contributed by atoms with E-state index in [1.54, 1.807) is 29.0 Å². The van der Waals surface area contributed by atoms with Gasteiger partial charge < -0.3 is 10.2 Å². The monoisotopic (exact) mass is 500 g/mol. The van der Waals surface area contributed by atoms with E-state index in [0.717, 1.165) is 36.2 Å². The molecule has 3 aromatic heterocycles. The quantitative estimate of drug-likeness (QED) is 0.367. The Morgan fingerprint density at radius 3 is 2.97 bits per heavy atom. The van der Waals surface area contributed by atoms with Crippen LogP contribution in [0.15, 0.2) is 60.4 Å². The Kier molecular flexibility index (Phi) is 5.85. The second kappa shape index (κ2) is 9.31. The molecular weight excluding hydrogens is 475 g/mol. The lowest BCUT2D eigenvalue weighted by Crippen LogP contribution is -2.43. The highest BCUT2D eigenvalue weighted by atomic mass is 32.1. The Labute approximate surface area is 211 Å². The van der Waals surface area contributed by atoms with Crippen LogP contribution in [-0.2, 0) is 11.3 Å². The largest absolute Gasteiger partial charge is 0.355 e. The highest BCUT2D eigenvalue weighted by Crippen LogP contribution is 2.29. The van der Waals surface area contributed by atoms with E-state index in [4.69, 9.17) is 0 Å². The third kappa shape index (κ3) is 4.19. The predicted molar refractivity (Wildman–Crippen MR) is 140 cm³/mol. The van der Waals surface area contributed by atoms with Crippen LogP contribution in [0.2, 0.25) is 0 Å². The molecule has 36 heavy (non-hydrogen) atoms. The molecule has 0 radical (unpaired) electrons. The third-order valence-corrected chi connectivity index (χ3v) is 7.83. The summed E-state index contributed by atoms with van der Waals surface area (Å²) in [5.74, 6) is 0.403. The molecule has 6 rings (SSSR count). The summed E-state index contributed by atoms with van der Waals surface area (Å²) >= 11 is 1.70. The van der Waals surface area contributed by atoms with Crippen LogP contribution < -0.4 is 10.2 Å². The van der Waals surface area contributed by atoms with E-state index in [9.17, 15) is 9.18 Å². The lowest BCUT2D eigenvalue weighted by atomic mass is 9.97. The SMILES string of the molecule is Cc1ccc(-n2cc3c(N4CCCC(C(=O)NCc5csc6ccccc56)C4)ncnc3n2)cc1F. The minimum Gasteiger partial charge on any atom is -0.355 e. The van der Waals surface area contributed by atoms with E-state index >= 15 is 0 Å². The van der Waals surface area contributed by atoms with Crippen LogP contribution in [-0.4, -0.2) is 38.7 Å². The molecule has 182 valence electrons. The molecule has 5 aromatic rings. The number of piperidine rings is 1. The van der Waals surface area contributed by atoms with Crippen molar-refractivity contribution in [2.45, 2.75) is 26.3 Å². The Hall–Kier alpha value is -3.85. The molecule has 1 N–H and O–H groups in total. The maximum Gasteiger partial charge on any atom is 0.225 e. The third-order valence-electron chi connectivity index (χ3n) is 6.82. The average molecular weight is 501 g/mol. The first-order valence-electron chi connectivity index (χ1n) is 12.0. The van der Waals surface area contributed by atoms with Crippen LogP contribution in [0.4, 0.5) is 10.2 Å². The first kappa shape index (κ1) is 22.6. The standard InChI is InChI=1S/C27H25FN6OS/c1-17-8-9-20(11-23(17)28)34-14-22-25(32-34)30-16-31-26(22)33-10-4-5-18(13-33)27(35)29-12-19-15-36-24-7-3-2-6-21(19)24/h2-3,6-9,11,14-16,18H,4-5,10,12-13H2,1H3,(H,29,35). The summed E-state index contributed by atoms with van der Waals surface area (Å²) < 4.78 is 17.0. The summed E-state index contributed by atoms with van der Waals surface area (Å²) in [4.78, 5) is 24.1. The first-order chi connectivity index (χ1) is 17.6. The number of hydrogen-bond donors (Lipinski definition) is 1. The molecule has 1 fully saturated rings. The molecule has 1 atom stereocenters. The molecule has 0 aliphatic carbocycles. The van der Waals surface area contributed by atoms with Gasteiger partial charge in [0.05, 0.1) is 17.0 Å². The van der Waals surface area contributed by atoms with Gasteiger partial charge in [0, 0.05) is 30.5 Å². The molecule has 1 aliphatic rings. The number of aromatic nitrogens is 4. The van der Waals surface area contributed by atoms with Crippen molar-refractivity contribution < 1.29 is 9.18 Å². The fourth-order valence-corrected chi connectivity index (χ4v) is 5.78. The zero-order chi connectivity index (χ0) is 24.6. The maximum absolute atomic E-state index is 14.1. The molecule has 9 heteroatoms. The summed E-state index contributed by atoms with van der Waals surface area (Å²) in [6, 6.07) is 13.3. The second-order valence-electron chi connectivity index (χ2n) is 9.20. The zero-order valence-electron chi connectivity index (χ0n) is 19.8. The molecular formula is C27H25FN6OS. The van der Waals surface area contributed by atoms with Crippen LogP contribution in [0, 0.1) is 18.7 Å². The fourth-order valence-electron chi connectivity index (χ4n) is 4.81. The molecule has 4 heterocycles. The molecule has 0 saturated carbocycles. The number of amides is 1. The predicted octanol–water partition coefficient (Wildman–Crippen LogP) is 5.01. The number of nitrogens with zero attached hydrogens (tertiary/aromatic N) is 5. The van der Waals surface area contributed by atoms with E-state index in [0.29, 0.717) is 30.0 Å². The van der Waals surface area contributed by atoms with E-state index in [-0.39, 0.29) is 17.6 Å². The van der Waals surface area contributed by atoms with Crippen LogP contribution in [0.1, 0.15) is 24.0 Å². The molecule has 2 aromatic carbocycles. The number of hydrogen-bond acceptors (Lipinski definition) is 6. The lowest BCUT2D eigenvalue weighted by Gasteiger charge is -2.33. The van der Waals surface area contributed by atoms with Gasteiger partial charge in [-0.05, 0) is 59.9 Å². The van der Waals surface area contributed by atoms with Crippen LogP contribution in [0.5, 0.6) is 0 Å². The summed E-state index contributed by atoms with van der Waals surface area (Å²) in [5, 5.41) is 11.8. The molecule has 0 spiro atoms. The van der Waals surface area contributed by atoms with Crippen molar-refractivity contribution in [2.24, 2.45) is 5.92 Å². The van der Waals surface area contributed by atoms with Crippen LogP contribution >= 0.6 is 11.3 Å². The van der Waals surface area contributed by atoms with Gasteiger partial charge in [-0.3, -0.25) is 4.79 Å². The first-order valence-corrected chi connectivity index (χ1v) is 12.9. The Bertz CT molecular complexity index is 1580. The molecule has 0 bridgehead atoms. The summed E-state index contributed by atoms with van der Waals surface area (Å²) in [5.41, 5.74) is 2.89. The van der Waals surface area contributed by atoms with Crippen molar-refractivity contribution in [1.82, 2.24) is 25.1 Å². The average Bonchev–Trinajstić information content (AvgIpc) is 3.53. The minimum atomic E-state index is -0.279. The van der Waals surface area contributed by atoms with Gasteiger partial charge in [0.25, 0.3) is 0 Å². The van der Waals surface area contributed by atoms with Crippen molar-refractivity contribution in [3.05, 3.63) is 77.3 Å². The highest BCUT2D eigenvalue weighted by Gasteiger charge is 2.28. The molecule has 1 amide bonds. The van der Waals surface area contributed by atoms with Crippen molar-refractivity contribution in [3.63, 3.8) is 0 Å². The lowest BCUT2D eigenvalue weighted by molar-refractivity contribution is -0.125. The normalized spacial score (nSPS) is 16.1. The van der Waals surface area contributed by atoms with Crippen LogP contribution in [0.25, 0.3) is 26.8 Å². The Morgan fingerprint density at radius 1 is 1.19 bits per heavy atom. The number of nitrogens with one attached hydrogen (secondary N) is 1. The second-order valence-corrected chi connectivity index (χ2v) is 10.1. The smallest absolute Gasteiger partial charge is 0.225 e. The number of halogens is 1. The van der Waals surface area contributed by atoms with Gasteiger partial charge in [0.2, 0.25) is 5.91 Å². The maximum atomic E-state index is 14.1. The van der Waals surface area contributed by atoms with Gasteiger partial charge in [-0.25, -0.2) is 19.0 Å². The van der Waals surface area contributed by atoms with Gasteiger partial charge >= 0.3 is 0 Å². The number of aryl methyl sites for hydroxylation is 1. The van der Waals surface area contributed by atoms with Gasteiger partial charge in [-0.1, -0.05) is 24.3 Å². The van der Waals surface area contributed by atoms with Crippen molar-refractivity contribution in [1.29, 1.82) is 0 Å². The number of carbonyl (C=O) groups is 1. The molecule has 1 unspecified atom stereocenters. The number of benzene rings is 2. The fraction of sp³-hybridized carbons (Fsp3) is 0.259. The van der Waals surface area contributed by atoms with Gasteiger partial charge in [-0.15, -0.1) is 16.4 Å². The number of carbonyl (C=O) groups excluding carboxylic acids is 1. The molecule has 1 saturated heterocycles. The minimum absolute atomic E-state index is 0.0612. The Morgan fingerprint density at radius 2 is 2.08 bits per heavy atom. The summed E-state index contributed by atoms with van der Waals surface area (Å²) in [6.07, 6.45) is 5.06. The summed E-state index contributed by atoms with van der Waals surface area (Å²) in [6.45, 7) is 3.63. The van der Waals surface area contributed by atoms with Crippen molar-refractivity contribution in [3.8, 4) is 5.69 Å². The van der Waals surface area contributed by atoms with Crippen molar-refractivity contribution in [2.75, 3.05) is 18.0 Å². The van der Waals surface area contributed by atoms with E-state index in [2.05, 4.69) is 42.8 Å². The number of thiophene rings is 1. The topological polar surface area (TPSA) is 75.9 Å². The van der Waals surface area contributed by atoms with Gasteiger partial charge in [0.1, 0.15) is 18.0 Å². The van der Waals surface area contributed by atoms with Crippen LogP contribution in [0.3, 0.4) is 0 Å². The zero-order valence-corrected chi connectivity index (χ0v) is 20.6. The Balaban J connectivity index is 1.20. The van der Waals surface area contributed by atoms with E-state index in [1.165, 1.54) is 22.5 Å². The van der Waals surface area contributed by atoms with Crippen molar-refractivity contribution >= 4 is 44.2 Å². The number of anilines is 1. The van der Waals surface area contributed by atoms with E-state index < -0.39 is 0 Å². The van der Waals surface area contributed by atoms with E-state index in [1.807, 2.05) is 24.4 Å². The molecule has 1 aliphatic heterocycles. The number of fused-ring (bicyclic) bond motifs is 2. The summed E-state index contributed by atoms with van der Waals surface area (Å²) in [7, 11) is 0. The van der Waals surface area contributed by atoms with Gasteiger partial charge in [-0.2, -0.15) is 0 Å². The highest BCUT2D eigenvalue weighted by molar-refractivity contribution is 7.17. The molecule has 7 nitrogen and oxygen atoms in total.